The van der Waals surface area contributed by atoms with Crippen molar-refractivity contribution >= 4 is 10.9 Å². The first kappa shape index (κ1) is 16.4. The predicted octanol–water partition coefficient (Wildman–Crippen LogP) is 4.08. The molecule has 24 heavy (non-hydrogen) atoms. The maximum Gasteiger partial charge on any atom is 0.128 e. The molecule has 0 spiro atoms. The van der Waals surface area contributed by atoms with Gasteiger partial charge >= 0.3 is 0 Å². The molecule has 0 aliphatic heterocycles. The molecule has 0 amide bonds. The number of hydrogen-bond acceptors (Lipinski definition) is 3. The maximum atomic E-state index is 5.50. The number of para-hydroxylation sites is 1. The third kappa shape index (κ3) is 3.24. The zero-order valence-electron chi connectivity index (χ0n) is 14.4. The average molecular weight is 324 g/mol. The lowest BCUT2D eigenvalue weighted by Gasteiger charge is -2.17. The molecule has 0 unspecified atom stereocenters. The van der Waals surface area contributed by atoms with Crippen LogP contribution in [-0.4, -0.2) is 25.7 Å². The molecule has 4 nitrogen and oxygen atoms in total. The predicted molar refractivity (Wildman–Crippen MR) is 98.0 cm³/mol. The number of methoxy groups -OCH3 is 2. The zero-order chi connectivity index (χ0) is 16.9. The van der Waals surface area contributed by atoms with Crippen molar-refractivity contribution < 1.29 is 9.47 Å². The summed E-state index contributed by atoms with van der Waals surface area (Å²) in [5.41, 5.74) is 3.56. The summed E-state index contributed by atoms with van der Waals surface area (Å²) in [6, 6.07) is 14.4. The van der Waals surface area contributed by atoms with Gasteiger partial charge in [-0.05, 0) is 43.7 Å². The Kier molecular flexibility index (Phi) is 5.06. The molecule has 1 aromatic heterocycles. The molecule has 0 fully saturated rings. The number of aromatic nitrogens is 1. The van der Waals surface area contributed by atoms with Crippen molar-refractivity contribution in [3.05, 3.63) is 59.8 Å². The molecule has 1 atom stereocenters. The van der Waals surface area contributed by atoms with Gasteiger partial charge in [-0.15, -0.1) is 0 Å². The Labute approximate surface area is 142 Å². The summed E-state index contributed by atoms with van der Waals surface area (Å²) in [6.45, 7) is 3.04. The molecule has 1 heterocycles. The van der Waals surface area contributed by atoms with E-state index in [1.807, 2.05) is 30.3 Å². The van der Waals surface area contributed by atoms with E-state index in [4.69, 9.17) is 9.47 Å². The summed E-state index contributed by atoms with van der Waals surface area (Å²) in [5, 5.41) is 4.75. The van der Waals surface area contributed by atoms with Crippen LogP contribution in [0.15, 0.2) is 48.7 Å². The summed E-state index contributed by atoms with van der Waals surface area (Å²) in [7, 11) is 3.43. The molecule has 0 aliphatic rings. The quantitative estimate of drug-likeness (QED) is 0.688. The van der Waals surface area contributed by atoms with E-state index in [-0.39, 0.29) is 6.04 Å². The Hall–Kier alpha value is -2.46. The minimum absolute atomic E-state index is 0.230. The molecular weight excluding hydrogens is 300 g/mol. The highest BCUT2D eigenvalue weighted by Crippen LogP contribution is 2.29. The number of rotatable bonds is 7. The minimum Gasteiger partial charge on any atom is -0.496 e. The van der Waals surface area contributed by atoms with Gasteiger partial charge in [0.25, 0.3) is 0 Å². The summed E-state index contributed by atoms with van der Waals surface area (Å²) < 4.78 is 10.9. The molecule has 0 saturated carbocycles. The van der Waals surface area contributed by atoms with E-state index in [9.17, 15) is 0 Å². The van der Waals surface area contributed by atoms with E-state index in [0.717, 1.165) is 30.0 Å². The van der Waals surface area contributed by atoms with Gasteiger partial charge < -0.3 is 19.8 Å². The summed E-state index contributed by atoms with van der Waals surface area (Å²) in [5.74, 6) is 1.84. The lowest BCUT2D eigenvalue weighted by molar-refractivity contribution is 0.402. The van der Waals surface area contributed by atoms with Crippen molar-refractivity contribution in [2.75, 3.05) is 20.8 Å². The van der Waals surface area contributed by atoms with Gasteiger partial charge in [0.2, 0.25) is 0 Å². The number of nitrogens with one attached hydrogen (secondary N) is 2. The molecule has 126 valence electrons. The van der Waals surface area contributed by atoms with E-state index < -0.39 is 0 Å². The fourth-order valence-electron chi connectivity index (χ4n) is 3.14. The second-order valence-corrected chi connectivity index (χ2v) is 5.86. The fraction of sp³-hybridized carbons (Fsp3) is 0.300. The summed E-state index contributed by atoms with van der Waals surface area (Å²) in [6.07, 6.45) is 3.00. The van der Waals surface area contributed by atoms with Crippen molar-refractivity contribution in [2.24, 2.45) is 0 Å². The molecule has 0 saturated heterocycles. The Morgan fingerprint density at radius 1 is 1.00 bits per heavy atom. The maximum absolute atomic E-state index is 5.50. The first-order valence-electron chi connectivity index (χ1n) is 8.24. The van der Waals surface area contributed by atoms with Crippen LogP contribution in [0.3, 0.4) is 0 Å². The largest absolute Gasteiger partial charge is 0.496 e. The van der Waals surface area contributed by atoms with Crippen molar-refractivity contribution in [2.45, 2.75) is 19.4 Å². The highest BCUT2D eigenvalue weighted by atomic mass is 16.5. The lowest BCUT2D eigenvalue weighted by Crippen LogP contribution is -2.21. The number of benzene rings is 2. The third-order valence-electron chi connectivity index (χ3n) is 4.42. The van der Waals surface area contributed by atoms with Crippen LogP contribution in [0, 0.1) is 0 Å². The van der Waals surface area contributed by atoms with Crippen LogP contribution in [-0.2, 0) is 6.42 Å². The second kappa shape index (κ2) is 7.41. The molecular formula is C20H24N2O2. The van der Waals surface area contributed by atoms with E-state index in [1.165, 1.54) is 16.5 Å². The first-order chi connectivity index (χ1) is 11.7. The van der Waals surface area contributed by atoms with Crippen molar-refractivity contribution in [3.8, 4) is 11.5 Å². The van der Waals surface area contributed by atoms with Gasteiger partial charge in [-0.2, -0.15) is 0 Å². The van der Waals surface area contributed by atoms with Crippen LogP contribution >= 0.6 is 0 Å². The van der Waals surface area contributed by atoms with Gasteiger partial charge in [0, 0.05) is 28.7 Å². The van der Waals surface area contributed by atoms with Crippen LogP contribution in [0.4, 0.5) is 0 Å². The van der Waals surface area contributed by atoms with E-state index in [0.29, 0.717) is 0 Å². The Morgan fingerprint density at radius 2 is 1.75 bits per heavy atom. The number of ether oxygens (including phenoxy) is 2. The lowest BCUT2D eigenvalue weighted by atomic mass is 10.1. The van der Waals surface area contributed by atoms with Gasteiger partial charge in [-0.25, -0.2) is 0 Å². The van der Waals surface area contributed by atoms with Crippen LogP contribution in [0.2, 0.25) is 0 Å². The van der Waals surface area contributed by atoms with Gasteiger partial charge in [0.05, 0.1) is 14.2 Å². The van der Waals surface area contributed by atoms with E-state index in [2.05, 4.69) is 35.6 Å². The SMILES string of the molecule is COc1ccccc1[C@@H](C)NCCc1c[nH]c2cccc(OC)c12. The molecule has 4 heteroatoms. The van der Waals surface area contributed by atoms with Gasteiger partial charge in [-0.3, -0.25) is 0 Å². The third-order valence-corrected chi connectivity index (χ3v) is 4.42. The Morgan fingerprint density at radius 3 is 2.54 bits per heavy atom. The molecule has 0 bridgehead atoms. The summed E-state index contributed by atoms with van der Waals surface area (Å²) >= 11 is 0. The topological polar surface area (TPSA) is 46.3 Å². The first-order valence-corrected chi connectivity index (χ1v) is 8.24. The van der Waals surface area contributed by atoms with E-state index in [1.54, 1.807) is 14.2 Å². The van der Waals surface area contributed by atoms with Crippen LogP contribution < -0.4 is 14.8 Å². The molecule has 0 radical (unpaired) electrons. The van der Waals surface area contributed by atoms with Crippen LogP contribution in [0.5, 0.6) is 11.5 Å². The number of hydrogen-bond donors (Lipinski definition) is 2. The van der Waals surface area contributed by atoms with Crippen LogP contribution in [0.25, 0.3) is 10.9 Å². The van der Waals surface area contributed by atoms with Gasteiger partial charge in [0.15, 0.2) is 0 Å². The average Bonchev–Trinajstić information content (AvgIpc) is 3.05. The van der Waals surface area contributed by atoms with E-state index >= 15 is 0 Å². The number of aromatic amines is 1. The molecule has 2 aromatic carbocycles. The van der Waals surface area contributed by atoms with Gasteiger partial charge in [-0.1, -0.05) is 24.3 Å². The van der Waals surface area contributed by atoms with Crippen molar-refractivity contribution in [1.82, 2.24) is 10.3 Å². The van der Waals surface area contributed by atoms with Crippen molar-refractivity contribution in [1.29, 1.82) is 0 Å². The molecule has 0 aliphatic carbocycles. The second-order valence-electron chi connectivity index (χ2n) is 5.86. The standard InChI is InChI=1S/C20H24N2O2/c1-14(16-7-4-5-9-18(16)23-2)21-12-11-15-13-22-17-8-6-10-19(24-3)20(15)17/h4-10,13-14,21-22H,11-12H2,1-3H3/t14-/m1/s1. The number of H-pyrrole nitrogens is 1. The van der Waals surface area contributed by atoms with Gasteiger partial charge in [0.1, 0.15) is 11.5 Å². The summed E-state index contributed by atoms with van der Waals surface area (Å²) in [4.78, 5) is 3.32. The molecule has 3 rings (SSSR count). The van der Waals surface area contributed by atoms with Crippen LogP contribution in [0.1, 0.15) is 24.1 Å². The Balaban J connectivity index is 1.68. The Bertz CT molecular complexity index is 810. The number of fused-ring (bicyclic) bond motifs is 1. The monoisotopic (exact) mass is 324 g/mol. The smallest absolute Gasteiger partial charge is 0.128 e. The fourth-order valence-corrected chi connectivity index (χ4v) is 3.14. The highest BCUT2D eigenvalue weighted by molar-refractivity contribution is 5.89. The highest BCUT2D eigenvalue weighted by Gasteiger charge is 2.12. The molecule has 2 N–H and O–H groups in total. The van der Waals surface area contributed by atoms with Crippen molar-refractivity contribution in [3.63, 3.8) is 0 Å². The zero-order valence-corrected chi connectivity index (χ0v) is 14.4. The minimum atomic E-state index is 0.230. The normalized spacial score (nSPS) is 12.3. The molecule has 3 aromatic rings.